The molecule has 0 aliphatic rings. The Morgan fingerprint density at radius 3 is 2.81 bits per heavy atom. The van der Waals surface area contributed by atoms with Gasteiger partial charge in [-0.2, -0.15) is 0 Å². The number of hydrogen-bond donors (Lipinski definition) is 2. The maximum absolute atomic E-state index is 11.7. The molecule has 1 aromatic rings. The minimum atomic E-state index is 0.0162. The number of nitrogens with one attached hydrogen (secondary N) is 1. The van der Waals surface area contributed by atoms with E-state index in [4.69, 9.17) is 5.73 Å². The van der Waals surface area contributed by atoms with E-state index in [1.165, 1.54) is 0 Å². The van der Waals surface area contributed by atoms with E-state index in [1.54, 1.807) is 19.0 Å². The summed E-state index contributed by atoms with van der Waals surface area (Å²) in [6, 6.07) is 7.50. The average Bonchev–Trinajstić information content (AvgIpc) is 2.29. The number of carbonyl (C=O) groups excluding carboxylic acids is 1. The fourth-order valence-corrected chi connectivity index (χ4v) is 1.36. The normalized spacial score (nSPS) is 9.94. The van der Waals surface area contributed by atoms with Gasteiger partial charge in [-0.25, -0.2) is 0 Å². The number of amides is 1. The number of hydrogen-bond acceptors (Lipinski definition) is 3. The van der Waals surface area contributed by atoms with Crippen molar-refractivity contribution in [2.75, 3.05) is 32.5 Å². The van der Waals surface area contributed by atoms with Gasteiger partial charge < -0.3 is 16.0 Å². The molecule has 0 aliphatic carbocycles. The van der Waals surface area contributed by atoms with E-state index in [9.17, 15) is 4.79 Å². The Labute approximate surface area is 96.4 Å². The summed E-state index contributed by atoms with van der Waals surface area (Å²) < 4.78 is 0. The van der Waals surface area contributed by atoms with Crippen molar-refractivity contribution in [3.63, 3.8) is 0 Å². The molecule has 4 heteroatoms. The smallest absolute Gasteiger partial charge is 0.253 e. The second-order valence-electron chi connectivity index (χ2n) is 3.85. The minimum absolute atomic E-state index is 0.0162. The number of nitrogens with zero attached hydrogens (tertiary/aromatic N) is 1. The molecule has 3 N–H and O–H groups in total. The monoisotopic (exact) mass is 221 g/mol. The van der Waals surface area contributed by atoms with Crippen molar-refractivity contribution in [1.29, 1.82) is 0 Å². The molecule has 0 saturated carbocycles. The zero-order chi connectivity index (χ0) is 12.0. The summed E-state index contributed by atoms with van der Waals surface area (Å²) in [5, 5.41) is 3.23. The first-order valence-electron chi connectivity index (χ1n) is 5.41. The Bertz CT molecular complexity index is 350. The Balaban J connectivity index is 2.67. The van der Waals surface area contributed by atoms with Gasteiger partial charge in [0.2, 0.25) is 0 Å². The molecule has 88 valence electrons. The van der Waals surface area contributed by atoms with Crippen molar-refractivity contribution in [1.82, 2.24) is 4.90 Å². The van der Waals surface area contributed by atoms with E-state index in [1.807, 2.05) is 24.3 Å². The van der Waals surface area contributed by atoms with Crippen molar-refractivity contribution >= 4 is 11.6 Å². The maximum Gasteiger partial charge on any atom is 0.253 e. The summed E-state index contributed by atoms with van der Waals surface area (Å²) in [5.41, 5.74) is 7.07. The van der Waals surface area contributed by atoms with Crippen molar-refractivity contribution in [2.45, 2.75) is 6.42 Å². The van der Waals surface area contributed by atoms with Crippen LogP contribution < -0.4 is 11.1 Å². The van der Waals surface area contributed by atoms with Crippen molar-refractivity contribution < 1.29 is 4.79 Å². The summed E-state index contributed by atoms with van der Waals surface area (Å²) in [4.78, 5) is 13.3. The second kappa shape index (κ2) is 6.12. The molecule has 0 atom stereocenters. The maximum atomic E-state index is 11.7. The molecule has 16 heavy (non-hydrogen) atoms. The third kappa shape index (κ3) is 3.55. The second-order valence-corrected chi connectivity index (χ2v) is 3.85. The molecule has 4 nitrogen and oxygen atoms in total. The van der Waals surface area contributed by atoms with Crippen molar-refractivity contribution in [3.8, 4) is 0 Å². The lowest BCUT2D eigenvalue weighted by Gasteiger charge is -2.11. The van der Waals surface area contributed by atoms with Crippen LogP contribution in [0.2, 0.25) is 0 Å². The first kappa shape index (κ1) is 12.5. The van der Waals surface area contributed by atoms with Gasteiger partial charge in [0.25, 0.3) is 5.91 Å². The number of anilines is 1. The van der Waals surface area contributed by atoms with Crippen molar-refractivity contribution in [2.24, 2.45) is 5.73 Å². The Hall–Kier alpha value is -1.55. The third-order valence-corrected chi connectivity index (χ3v) is 2.23. The van der Waals surface area contributed by atoms with Crippen LogP contribution in [-0.2, 0) is 0 Å². The van der Waals surface area contributed by atoms with Gasteiger partial charge >= 0.3 is 0 Å². The lowest BCUT2D eigenvalue weighted by atomic mass is 10.2. The van der Waals surface area contributed by atoms with Gasteiger partial charge in [-0.05, 0) is 31.2 Å². The van der Waals surface area contributed by atoms with Crippen LogP contribution in [0.15, 0.2) is 24.3 Å². The van der Waals surface area contributed by atoms with Crippen LogP contribution in [0.25, 0.3) is 0 Å². The van der Waals surface area contributed by atoms with E-state index < -0.39 is 0 Å². The molecule has 1 rings (SSSR count). The lowest BCUT2D eigenvalue weighted by molar-refractivity contribution is 0.0827. The van der Waals surface area contributed by atoms with Crippen LogP contribution in [0.3, 0.4) is 0 Å². The fourth-order valence-electron chi connectivity index (χ4n) is 1.36. The predicted molar refractivity (Wildman–Crippen MR) is 66.6 cm³/mol. The largest absolute Gasteiger partial charge is 0.385 e. The van der Waals surface area contributed by atoms with Crippen LogP contribution in [0.5, 0.6) is 0 Å². The number of carbonyl (C=O) groups is 1. The number of nitrogens with two attached hydrogens (primary N) is 1. The summed E-state index contributed by atoms with van der Waals surface area (Å²) >= 11 is 0. The van der Waals surface area contributed by atoms with E-state index in [0.717, 1.165) is 18.7 Å². The summed E-state index contributed by atoms with van der Waals surface area (Å²) in [7, 11) is 3.49. The molecule has 1 aromatic carbocycles. The first-order valence-corrected chi connectivity index (χ1v) is 5.41. The Kier molecular flexibility index (Phi) is 4.79. The van der Waals surface area contributed by atoms with Gasteiger partial charge in [-0.15, -0.1) is 0 Å². The highest BCUT2D eigenvalue weighted by molar-refractivity contribution is 5.94. The molecule has 0 aromatic heterocycles. The van der Waals surface area contributed by atoms with E-state index in [0.29, 0.717) is 12.1 Å². The van der Waals surface area contributed by atoms with E-state index in [2.05, 4.69) is 5.32 Å². The van der Waals surface area contributed by atoms with Crippen LogP contribution in [-0.4, -0.2) is 38.0 Å². The van der Waals surface area contributed by atoms with Gasteiger partial charge in [0, 0.05) is 31.9 Å². The molecule has 0 aliphatic heterocycles. The molecule has 0 fully saturated rings. The number of rotatable bonds is 5. The lowest BCUT2D eigenvalue weighted by Crippen LogP contribution is -2.21. The van der Waals surface area contributed by atoms with Crippen molar-refractivity contribution in [3.05, 3.63) is 29.8 Å². The molecule has 0 unspecified atom stereocenters. The summed E-state index contributed by atoms with van der Waals surface area (Å²) in [5.74, 6) is 0.0162. The molecule has 0 radical (unpaired) electrons. The van der Waals surface area contributed by atoms with Crippen LogP contribution in [0.4, 0.5) is 5.69 Å². The van der Waals surface area contributed by atoms with E-state index in [-0.39, 0.29) is 5.91 Å². The van der Waals surface area contributed by atoms with E-state index >= 15 is 0 Å². The fraction of sp³-hybridized carbons (Fsp3) is 0.417. The third-order valence-electron chi connectivity index (χ3n) is 2.23. The predicted octanol–water partition coefficient (Wildman–Crippen LogP) is 1.15. The zero-order valence-electron chi connectivity index (χ0n) is 9.86. The van der Waals surface area contributed by atoms with Gasteiger partial charge in [0.15, 0.2) is 0 Å². The molecule has 0 spiro atoms. The Morgan fingerprint density at radius 2 is 2.19 bits per heavy atom. The summed E-state index contributed by atoms with van der Waals surface area (Å²) in [6.45, 7) is 1.50. The highest BCUT2D eigenvalue weighted by Gasteiger charge is 2.07. The van der Waals surface area contributed by atoms with Crippen LogP contribution >= 0.6 is 0 Å². The topological polar surface area (TPSA) is 58.4 Å². The molecule has 0 bridgehead atoms. The van der Waals surface area contributed by atoms with Gasteiger partial charge in [0.05, 0.1) is 0 Å². The average molecular weight is 221 g/mol. The summed E-state index contributed by atoms with van der Waals surface area (Å²) in [6.07, 6.45) is 0.922. The standard InChI is InChI=1S/C12H19N3O/c1-15(2)12(16)10-5-3-6-11(9-10)14-8-4-7-13/h3,5-6,9,14H,4,7-8,13H2,1-2H3. The molecule has 0 heterocycles. The molecular formula is C12H19N3O. The van der Waals surface area contributed by atoms with Gasteiger partial charge in [-0.3, -0.25) is 4.79 Å². The van der Waals surface area contributed by atoms with Gasteiger partial charge in [0.1, 0.15) is 0 Å². The van der Waals surface area contributed by atoms with Crippen LogP contribution in [0, 0.1) is 0 Å². The molecular weight excluding hydrogens is 202 g/mol. The SMILES string of the molecule is CN(C)C(=O)c1cccc(NCCCN)c1. The molecule has 0 saturated heterocycles. The minimum Gasteiger partial charge on any atom is -0.385 e. The zero-order valence-corrected chi connectivity index (χ0v) is 9.86. The van der Waals surface area contributed by atoms with Crippen LogP contribution in [0.1, 0.15) is 16.8 Å². The first-order chi connectivity index (χ1) is 7.65. The number of benzene rings is 1. The molecule has 1 amide bonds. The quantitative estimate of drug-likeness (QED) is 0.733. The highest BCUT2D eigenvalue weighted by atomic mass is 16.2. The Morgan fingerprint density at radius 1 is 1.44 bits per heavy atom. The van der Waals surface area contributed by atoms with Gasteiger partial charge in [-0.1, -0.05) is 6.07 Å². The highest BCUT2D eigenvalue weighted by Crippen LogP contribution is 2.11.